The van der Waals surface area contributed by atoms with Crippen molar-refractivity contribution in [1.82, 2.24) is 0 Å². The zero-order valence-electron chi connectivity index (χ0n) is 9.18. The summed E-state index contributed by atoms with van der Waals surface area (Å²) in [6, 6.07) is 8.60. The maximum absolute atomic E-state index is 13.4. The van der Waals surface area contributed by atoms with Crippen molar-refractivity contribution in [3.8, 4) is 0 Å². The number of rotatable bonds is 3. The molecule has 0 aliphatic carbocycles. The van der Waals surface area contributed by atoms with Gasteiger partial charge < -0.3 is 5.32 Å². The molecule has 0 fully saturated rings. The minimum absolute atomic E-state index is 0.0505. The molecule has 94 valence electrons. The highest BCUT2D eigenvalue weighted by Gasteiger charge is 2.04. The largest absolute Gasteiger partial charge is 0.381 e. The predicted molar refractivity (Wildman–Crippen MR) is 70.1 cm³/mol. The molecule has 0 aliphatic heterocycles. The SMILES string of the molecule is Fc1cc(NCc2cc(Cl)ccc2F)ccc1Cl. The van der Waals surface area contributed by atoms with Crippen LogP contribution >= 0.6 is 23.2 Å². The van der Waals surface area contributed by atoms with E-state index in [1.165, 1.54) is 30.3 Å². The van der Waals surface area contributed by atoms with E-state index < -0.39 is 5.82 Å². The highest BCUT2D eigenvalue weighted by atomic mass is 35.5. The molecular weight excluding hydrogens is 279 g/mol. The van der Waals surface area contributed by atoms with E-state index in [0.717, 1.165) is 0 Å². The fraction of sp³-hybridized carbons (Fsp3) is 0.0769. The molecule has 0 amide bonds. The number of benzene rings is 2. The maximum Gasteiger partial charge on any atom is 0.143 e. The highest BCUT2D eigenvalue weighted by molar-refractivity contribution is 6.31. The number of hydrogen-bond donors (Lipinski definition) is 1. The molecular formula is C13H9Cl2F2N. The lowest BCUT2D eigenvalue weighted by Gasteiger charge is -2.08. The molecule has 2 aromatic carbocycles. The molecule has 0 spiro atoms. The van der Waals surface area contributed by atoms with Gasteiger partial charge in [-0.05, 0) is 36.4 Å². The highest BCUT2D eigenvalue weighted by Crippen LogP contribution is 2.20. The third-order valence-electron chi connectivity index (χ3n) is 2.41. The maximum atomic E-state index is 13.4. The van der Waals surface area contributed by atoms with Crippen molar-refractivity contribution in [1.29, 1.82) is 0 Å². The van der Waals surface area contributed by atoms with Crippen LogP contribution in [0.1, 0.15) is 5.56 Å². The summed E-state index contributed by atoms with van der Waals surface area (Å²) in [5, 5.41) is 3.40. The van der Waals surface area contributed by atoms with Crippen molar-refractivity contribution in [3.05, 3.63) is 63.6 Å². The molecule has 5 heteroatoms. The molecule has 0 aromatic heterocycles. The van der Waals surface area contributed by atoms with E-state index in [9.17, 15) is 8.78 Å². The second-order valence-electron chi connectivity index (χ2n) is 3.72. The standard InChI is InChI=1S/C13H9Cl2F2N/c14-9-1-4-12(16)8(5-9)7-18-10-2-3-11(15)13(17)6-10/h1-6,18H,7H2. The molecule has 1 nitrogen and oxygen atoms in total. The summed E-state index contributed by atoms with van der Waals surface area (Å²) in [5.41, 5.74) is 0.939. The van der Waals surface area contributed by atoms with Crippen LogP contribution in [0.3, 0.4) is 0 Å². The van der Waals surface area contributed by atoms with Crippen LogP contribution in [0.25, 0.3) is 0 Å². The van der Waals surface area contributed by atoms with Crippen molar-refractivity contribution in [2.24, 2.45) is 0 Å². The van der Waals surface area contributed by atoms with Crippen molar-refractivity contribution in [2.75, 3.05) is 5.32 Å². The van der Waals surface area contributed by atoms with Crippen LogP contribution in [0, 0.1) is 11.6 Å². The number of anilines is 1. The Morgan fingerprint density at radius 1 is 0.944 bits per heavy atom. The second kappa shape index (κ2) is 5.55. The molecule has 0 heterocycles. The fourth-order valence-electron chi connectivity index (χ4n) is 1.48. The third-order valence-corrected chi connectivity index (χ3v) is 2.95. The summed E-state index contributed by atoms with van der Waals surface area (Å²) < 4.78 is 26.6. The first-order chi connectivity index (χ1) is 8.56. The zero-order valence-corrected chi connectivity index (χ0v) is 10.7. The van der Waals surface area contributed by atoms with Gasteiger partial charge in [-0.3, -0.25) is 0 Å². The van der Waals surface area contributed by atoms with Crippen LogP contribution in [0.4, 0.5) is 14.5 Å². The molecule has 0 unspecified atom stereocenters. The molecule has 2 aromatic rings. The number of hydrogen-bond acceptors (Lipinski definition) is 1. The topological polar surface area (TPSA) is 12.0 Å². The molecule has 0 atom stereocenters. The summed E-state index contributed by atoms with van der Waals surface area (Å²) in [4.78, 5) is 0. The van der Waals surface area contributed by atoms with Gasteiger partial charge in [0.25, 0.3) is 0 Å². The van der Waals surface area contributed by atoms with Crippen molar-refractivity contribution >= 4 is 28.9 Å². The van der Waals surface area contributed by atoms with Crippen LogP contribution in [0.5, 0.6) is 0 Å². The molecule has 0 bridgehead atoms. The Morgan fingerprint density at radius 3 is 2.44 bits per heavy atom. The molecule has 0 radical (unpaired) electrons. The lowest BCUT2D eigenvalue weighted by molar-refractivity contribution is 0.612. The second-order valence-corrected chi connectivity index (χ2v) is 4.56. The van der Waals surface area contributed by atoms with Gasteiger partial charge in [-0.2, -0.15) is 0 Å². The number of halogens is 4. The van der Waals surface area contributed by atoms with Gasteiger partial charge in [0, 0.05) is 22.8 Å². The summed E-state index contributed by atoms with van der Waals surface area (Å²) in [7, 11) is 0. The van der Waals surface area contributed by atoms with Gasteiger partial charge in [-0.15, -0.1) is 0 Å². The molecule has 2 rings (SSSR count). The van der Waals surface area contributed by atoms with Gasteiger partial charge in [0.2, 0.25) is 0 Å². The Morgan fingerprint density at radius 2 is 1.72 bits per heavy atom. The summed E-state index contributed by atoms with van der Waals surface area (Å²) >= 11 is 11.3. The monoisotopic (exact) mass is 287 g/mol. The van der Waals surface area contributed by atoms with Gasteiger partial charge in [-0.1, -0.05) is 23.2 Å². The first kappa shape index (κ1) is 13.1. The van der Waals surface area contributed by atoms with Crippen molar-refractivity contribution < 1.29 is 8.78 Å². The normalized spacial score (nSPS) is 10.4. The van der Waals surface area contributed by atoms with Crippen molar-refractivity contribution in [3.63, 3.8) is 0 Å². The molecule has 18 heavy (non-hydrogen) atoms. The van der Waals surface area contributed by atoms with E-state index in [1.54, 1.807) is 6.07 Å². The first-order valence-corrected chi connectivity index (χ1v) is 5.95. The van der Waals surface area contributed by atoms with E-state index >= 15 is 0 Å². The van der Waals surface area contributed by atoms with Crippen LogP contribution in [-0.4, -0.2) is 0 Å². The summed E-state index contributed by atoms with van der Waals surface area (Å²) in [6.45, 7) is 0.216. The summed E-state index contributed by atoms with van der Waals surface area (Å²) in [5.74, 6) is -0.880. The molecule has 0 saturated carbocycles. The number of nitrogens with one attached hydrogen (secondary N) is 1. The van der Waals surface area contributed by atoms with Gasteiger partial charge in [0.15, 0.2) is 0 Å². The Kier molecular flexibility index (Phi) is 4.04. The zero-order chi connectivity index (χ0) is 13.1. The van der Waals surface area contributed by atoms with Crippen molar-refractivity contribution in [2.45, 2.75) is 6.54 Å². The van der Waals surface area contributed by atoms with Gasteiger partial charge in [-0.25, -0.2) is 8.78 Å². The first-order valence-electron chi connectivity index (χ1n) is 5.19. The lowest BCUT2D eigenvalue weighted by Crippen LogP contribution is -2.02. The van der Waals surface area contributed by atoms with Crippen LogP contribution < -0.4 is 5.32 Å². The summed E-state index contributed by atoms with van der Waals surface area (Å²) in [6.07, 6.45) is 0. The average Bonchev–Trinajstić information content (AvgIpc) is 2.34. The molecule has 0 aliphatic rings. The van der Waals surface area contributed by atoms with Crippen LogP contribution in [0.15, 0.2) is 36.4 Å². The van der Waals surface area contributed by atoms with Gasteiger partial charge in [0.1, 0.15) is 11.6 Å². The Bertz CT molecular complexity index is 573. The Hall–Kier alpha value is -1.32. The predicted octanol–water partition coefficient (Wildman–Crippen LogP) is 4.88. The quantitative estimate of drug-likeness (QED) is 0.848. The molecule has 0 saturated heterocycles. The van der Waals surface area contributed by atoms with E-state index in [2.05, 4.69) is 5.32 Å². The van der Waals surface area contributed by atoms with Crippen LogP contribution in [-0.2, 0) is 6.54 Å². The fourth-order valence-corrected chi connectivity index (χ4v) is 1.79. The Labute approximate surface area is 113 Å². The van der Waals surface area contributed by atoms with E-state index in [4.69, 9.17) is 23.2 Å². The molecule has 1 N–H and O–H groups in total. The average molecular weight is 288 g/mol. The van der Waals surface area contributed by atoms with Crippen LogP contribution in [0.2, 0.25) is 10.0 Å². The van der Waals surface area contributed by atoms with Gasteiger partial charge >= 0.3 is 0 Å². The smallest absolute Gasteiger partial charge is 0.143 e. The minimum atomic E-state index is -0.520. The van der Waals surface area contributed by atoms with Gasteiger partial charge in [0.05, 0.1) is 5.02 Å². The lowest BCUT2D eigenvalue weighted by atomic mass is 10.2. The third kappa shape index (κ3) is 3.12. The van der Waals surface area contributed by atoms with E-state index in [1.807, 2.05) is 0 Å². The van der Waals surface area contributed by atoms with E-state index in [0.29, 0.717) is 16.3 Å². The minimum Gasteiger partial charge on any atom is -0.381 e. The van der Waals surface area contributed by atoms with E-state index in [-0.39, 0.29) is 17.4 Å². The Balaban J connectivity index is 2.11.